The van der Waals surface area contributed by atoms with Crippen molar-refractivity contribution in [2.45, 2.75) is 39.2 Å². The lowest BCUT2D eigenvalue weighted by Gasteiger charge is -2.04. The van der Waals surface area contributed by atoms with Crippen LogP contribution in [0.3, 0.4) is 0 Å². The Morgan fingerprint density at radius 3 is 2.68 bits per heavy atom. The van der Waals surface area contributed by atoms with Crippen LogP contribution in [0.1, 0.15) is 31.2 Å². The van der Waals surface area contributed by atoms with E-state index in [-0.39, 0.29) is 5.69 Å². The molecule has 5 heteroatoms. The molecule has 2 rings (SSSR count). The fraction of sp³-hybridized carbons (Fsp3) is 0.429. The van der Waals surface area contributed by atoms with Crippen molar-refractivity contribution >= 4 is 15.9 Å². The largest absolute Gasteiger partial charge is 0.343 e. The quantitative estimate of drug-likeness (QED) is 0.888. The summed E-state index contributed by atoms with van der Waals surface area (Å²) in [6, 6.07) is 8.34. The van der Waals surface area contributed by atoms with Crippen molar-refractivity contribution in [1.82, 2.24) is 14.8 Å². The monoisotopic (exact) mass is 323 g/mol. The van der Waals surface area contributed by atoms with Crippen LogP contribution >= 0.6 is 15.9 Å². The molecule has 0 radical (unpaired) electrons. The van der Waals surface area contributed by atoms with E-state index >= 15 is 0 Å². The zero-order valence-corrected chi connectivity index (χ0v) is 12.6. The van der Waals surface area contributed by atoms with Crippen LogP contribution < -0.4 is 5.69 Å². The molecule has 1 aromatic carbocycles. The number of aromatic nitrogens is 3. The third kappa shape index (κ3) is 3.80. The topological polar surface area (TPSA) is 50.7 Å². The summed E-state index contributed by atoms with van der Waals surface area (Å²) in [5, 5.41) is 6.63. The van der Waals surface area contributed by atoms with Crippen LogP contribution in [0.5, 0.6) is 0 Å². The van der Waals surface area contributed by atoms with E-state index < -0.39 is 0 Å². The van der Waals surface area contributed by atoms with Gasteiger partial charge < -0.3 is 0 Å². The molecule has 0 atom stereocenters. The molecular formula is C14H18BrN3O. The first-order valence-electron chi connectivity index (χ1n) is 6.59. The number of nitrogens with zero attached hydrogens (tertiary/aromatic N) is 2. The normalized spacial score (nSPS) is 10.8. The van der Waals surface area contributed by atoms with Crippen LogP contribution in [0.4, 0.5) is 0 Å². The molecule has 0 aliphatic heterocycles. The standard InChI is InChI=1S/C14H18BrN3O/c1-2-10-18-13(16-17-14(18)19)5-3-4-11-6-8-12(15)9-7-11/h6-9H,2-5,10H2,1H3,(H,17,19). The van der Waals surface area contributed by atoms with E-state index in [0.717, 1.165) is 42.5 Å². The smallest absolute Gasteiger partial charge is 0.279 e. The van der Waals surface area contributed by atoms with E-state index in [9.17, 15) is 4.79 Å². The zero-order valence-electron chi connectivity index (χ0n) is 11.0. The molecule has 0 bridgehead atoms. The number of halogens is 1. The third-order valence-corrected chi connectivity index (χ3v) is 3.59. The fourth-order valence-electron chi connectivity index (χ4n) is 2.10. The second kappa shape index (κ2) is 6.70. The van der Waals surface area contributed by atoms with Crippen LogP contribution in [0.25, 0.3) is 0 Å². The second-order valence-electron chi connectivity index (χ2n) is 4.58. The number of aromatic amines is 1. The third-order valence-electron chi connectivity index (χ3n) is 3.06. The van der Waals surface area contributed by atoms with E-state index in [0.29, 0.717) is 0 Å². The lowest BCUT2D eigenvalue weighted by molar-refractivity contribution is 0.608. The predicted molar refractivity (Wildman–Crippen MR) is 79.3 cm³/mol. The average molecular weight is 324 g/mol. The Kier molecular flexibility index (Phi) is 4.96. The Bertz CT molecular complexity index is 571. The van der Waals surface area contributed by atoms with E-state index in [4.69, 9.17) is 0 Å². The molecule has 0 aliphatic carbocycles. The molecule has 0 spiro atoms. The number of aryl methyl sites for hydroxylation is 2. The Balaban J connectivity index is 1.92. The van der Waals surface area contributed by atoms with Gasteiger partial charge in [-0.25, -0.2) is 9.89 Å². The maximum Gasteiger partial charge on any atom is 0.343 e. The maximum atomic E-state index is 11.5. The first-order chi connectivity index (χ1) is 9.20. The molecule has 0 amide bonds. The van der Waals surface area contributed by atoms with Crippen LogP contribution in [-0.2, 0) is 19.4 Å². The van der Waals surface area contributed by atoms with Crippen molar-refractivity contribution in [2.75, 3.05) is 0 Å². The number of hydrogen-bond acceptors (Lipinski definition) is 2. The molecule has 0 saturated carbocycles. The highest BCUT2D eigenvalue weighted by Gasteiger charge is 2.06. The van der Waals surface area contributed by atoms with Gasteiger partial charge in [0.2, 0.25) is 0 Å². The average Bonchev–Trinajstić information content (AvgIpc) is 2.74. The summed E-state index contributed by atoms with van der Waals surface area (Å²) in [5.41, 5.74) is 1.21. The summed E-state index contributed by atoms with van der Waals surface area (Å²) >= 11 is 3.43. The van der Waals surface area contributed by atoms with Gasteiger partial charge in [0, 0.05) is 17.4 Å². The fourth-order valence-corrected chi connectivity index (χ4v) is 2.36. The van der Waals surface area contributed by atoms with Crippen molar-refractivity contribution < 1.29 is 0 Å². The number of nitrogens with one attached hydrogen (secondary N) is 1. The van der Waals surface area contributed by atoms with Crippen LogP contribution in [0.2, 0.25) is 0 Å². The minimum absolute atomic E-state index is 0.0968. The molecule has 4 nitrogen and oxygen atoms in total. The van der Waals surface area contributed by atoms with E-state index in [1.165, 1.54) is 5.56 Å². The lowest BCUT2D eigenvalue weighted by atomic mass is 10.1. The molecule has 2 aromatic rings. The molecule has 19 heavy (non-hydrogen) atoms. The highest BCUT2D eigenvalue weighted by molar-refractivity contribution is 9.10. The van der Waals surface area contributed by atoms with Gasteiger partial charge >= 0.3 is 5.69 Å². The summed E-state index contributed by atoms with van der Waals surface area (Å²) < 4.78 is 2.84. The van der Waals surface area contributed by atoms with Crippen molar-refractivity contribution in [3.05, 3.63) is 50.6 Å². The van der Waals surface area contributed by atoms with Gasteiger partial charge in [-0.05, 0) is 37.0 Å². The Hall–Kier alpha value is -1.36. The van der Waals surface area contributed by atoms with Crippen molar-refractivity contribution in [3.8, 4) is 0 Å². The zero-order chi connectivity index (χ0) is 13.7. The molecule has 0 saturated heterocycles. The predicted octanol–water partition coefficient (Wildman–Crippen LogP) is 2.92. The first kappa shape index (κ1) is 14.1. The van der Waals surface area contributed by atoms with Gasteiger partial charge in [-0.3, -0.25) is 4.57 Å². The first-order valence-corrected chi connectivity index (χ1v) is 7.38. The van der Waals surface area contributed by atoms with Crippen LogP contribution in [-0.4, -0.2) is 14.8 Å². The van der Waals surface area contributed by atoms with E-state index in [1.54, 1.807) is 4.57 Å². The summed E-state index contributed by atoms with van der Waals surface area (Å²) in [5.74, 6) is 0.865. The van der Waals surface area contributed by atoms with Crippen molar-refractivity contribution in [3.63, 3.8) is 0 Å². The molecule has 0 unspecified atom stereocenters. The lowest BCUT2D eigenvalue weighted by Crippen LogP contribution is -2.18. The van der Waals surface area contributed by atoms with Crippen LogP contribution in [0, 0.1) is 0 Å². The van der Waals surface area contributed by atoms with Crippen molar-refractivity contribution in [2.24, 2.45) is 0 Å². The highest BCUT2D eigenvalue weighted by Crippen LogP contribution is 2.12. The minimum atomic E-state index is -0.0968. The SMILES string of the molecule is CCCn1c(CCCc2ccc(Br)cc2)n[nH]c1=O. The number of benzene rings is 1. The summed E-state index contributed by atoms with van der Waals surface area (Å²) in [6.45, 7) is 2.80. The van der Waals surface area contributed by atoms with Gasteiger partial charge in [0.05, 0.1) is 0 Å². The molecular weight excluding hydrogens is 306 g/mol. The molecule has 1 N–H and O–H groups in total. The summed E-state index contributed by atoms with van der Waals surface area (Å²) in [6.07, 6.45) is 3.77. The van der Waals surface area contributed by atoms with E-state index in [1.807, 2.05) is 0 Å². The van der Waals surface area contributed by atoms with Gasteiger partial charge in [0.1, 0.15) is 5.82 Å². The number of H-pyrrole nitrogens is 1. The number of hydrogen-bond donors (Lipinski definition) is 1. The molecule has 0 aliphatic rings. The highest BCUT2D eigenvalue weighted by atomic mass is 79.9. The Labute approximate surface area is 121 Å². The second-order valence-corrected chi connectivity index (χ2v) is 5.49. The summed E-state index contributed by atoms with van der Waals surface area (Å²) in [7, 11) is 0. The minimum Gasteiger partial charge on any atom is -0.279 e. The van der Waals surface area contributed by atoms with Gasteiger partial charge in [0.15, 0.2) is 0 Å². The molecule has 1 heterocycles. The van der Waals surface area contributed by atoms with E-state index in [2.05, 4.69) is 57.3 Å². The van der Waals surface area contributed by atoms with Gasteiger partial charge in [-0.15, -0.1) is 0 Å². The van der Waals surface area contributed by atoms with Gasteiger partial charge in [-0.1, -0.05) is 35.0 Å². The summed E-state index contributed by atoms with van der Waals surface area (Å²) in [4.78, 5) is 11.5. The van der Waals surface area contributed by atoms with Crippen LogP contribution in [0.15, 0.2) is 33.5 Å². The Morgan fingerprint density at radius 2 is 2.00 bits per heavy atom. The maximum absolute atomic E-state index is 11.5. The molecule has 102 valence electrons. The Morgan fingerprint density at radius 1 is 1.26 bits per heavy atom. The molecule has 1 aromatic heterocycles. The van der Waals surface area contributed by atoms with Gasteiger partial charge in [-0.2, -0.15) is 5.10 Å². The molecule has 0 fully saturated rings. The van der Waals surface area contributed by atoms with Gasteiger partial charge in [0.25, 0.3) is 0 Å². The number of rotatable bonds is 6. The van der Waals surface area contributed by atoms with Crippen molar-refractivity contribution in [1.29, 1.82) is 0 Å².